The highest BCUT2D eigenvalue weighted by Crippen LogP contribution is 2.75. The predicted molar refractivity (Wildman–Crippen MR) is 197 cm³/mol. The molecular formula is C43H56N2O2. The molecule has 0 bridgehead atoms. The molecule has 4 nitrogen and oxygen atoms in total. The summed E-state index contributed by atoms with van der Waals surface area (Å²) in [6.07, 6.45) is 1.08. The van der Waals surface area contributed by atoms with Gasteiger partial charge in [-0.2, -0.15) is 0 Å². The van der Waals surface area contributed by atoms with E-state index in [9.17, 15) is 0 Å². The zero-order valence-electron chi connectivity index (χ0n) is 29.6. The summed E-state index contributed by atoms with van der Waals surface area (Å²) < 4.78 is 12.3. The van der Waals surface area contributed by atoms with Gasteiger partial charge in [0.1, 0.15) is 24.7 Å². The number of nitrogens with zero attached hydrogens (tertiary/aromatic N) is 2. The van der Waals surface area contributed by atoms with E-state index in [1.165, 1.54) is 22.3 Å². The molecule has 1 saturated carbocycles. The van der Waals surface area contributed by atoms with Crippen molar-refractivity contribution < 1.29 is 9.47 Å². The van der Waals surface area contributed by atoms with Crippen molar-refractivity contribution in [2.45, 2.75) is 70.6 Å². The minimum Gasteiger partial charge on any atom is -0.492 e. The highest BCUT2D eigenvalue weighted by atomic mass is 16.5. The molecule has 5 rings (SSSR count). The first-order valence-corrected chi connectivity index (χ1v) is 17.9. The maximum Gasteiger partial charge on any atom is 0.119 e. The molecule has 47 heavy (non-hydrogen) atoms. The van der Waals surface area contributed by atoms with Gasteiger partial charge >= 0.3 is 0 Å². The topological polar surface area (TPSA) is 24.9 Å². The lowest BCUT2D eigenvalue weighted by Gasteiger charge is -2.36. The Hall–Kier alpha value is -3.60. The normalized spacial score (nSPS) is 20.3. The second-order valence-electron chi connectivity index (χ2n) is 13.2. The van der Waals surface area contributed by atoms with Gasteiger partial charge in [0.05, 0.1) is 0 Å². The number of hydrogen-bond acceptors (Lipinski definition) is 4. The van der Waals surface area contributed by atoms with Gasteiger partial charge in [0.2, 0.25) is 0 Å². The standard InChI is InChI=1S/C43H56N2O2/c1-7-44(8-2)29-31-46-40-25-21-36(22-26-40)34(5)42(38-17-13-11-14-18-38)33-43(42,39-19-15-12-16-20-39)35(6)37-23-27-41(28-24-37)47-32-30-45(9-3)10-4/h11-28,34-35H,7-10,29-33H2,1-6H3. The van der Waals surface area contributed by atoms with Crippen molar-refractivity contribution in [3.05, 3.63) is 131 Å². The van der Waals surface area contributed by atoms with Crippen molar-refractivity contribution in [2.24, 2.45) is 0 Å². The average molecular weight is 633 g/mol. The van der Waals surface area contributed by atoms with E-state index in [0.29, 0.717) is 25.0 Å². The van der Waals surface area contributed by atoms with Crippen LogP contribution in [0.3, 0.4) is 0 Å². The number of hydrogen-bond donors (Lipinski definition) is 0. The van der Waals surface area contributed by atoms with Crippen LogP contribution in [0.2, 0.25) is 0 Å². The van der Waals surface area contributed by atoms with Gasteiger partial charge in [0.15, 0.2) is 0 Å². The van der Waals surface area contributed by atoms with E-state index < -0.39 is 0 Å². The second-order valence-corrected chi connectivity index (χ2v) is 13.2. The Morgan fingerprint density at radius 2 is 0.851 bits per heavy atom. The summed E-state index contributed by atoms with van der Waals surface area (Å²) in [6, 6.07) is 40.4. The number of ether oxygens (including phenoxy) is 2. The van der Waals surface area contributed by atoms with E-state index in [4.69, 9.17) is 9.47 Å². The summed E-state index contributed by atoms with van der Waals surface area (Å²) in [5, 5.41) is 0. The first kappa shape index (κ1) is 34.7. The Balaban J connectivity index is 1.45. The molecule has 4 aromatic rings. The van der Waals surface area contributed by atoms with Crippen LogP contribution in [-0.2, 0) is 10.8 Å². The molecule has 0 heterocycles. The highest BCUT2D eigenvalue weighted by molar-refractivity contribution is 5.57. The number of benzene rings is 4. The van der Waals surface area contributed by atoms with Crippen molar-refractivity contribution in [3.63, 3.8) is 0 Å². The molecule has 1 aliphatic carbocycles. The van der Waals surface area contributed by atoms with E-state index >= 15 is 0 Å². The number of rotatable bonds is 18. The molecule has 0 radical (unpaired) electrons. The van der Waals surface area contributed by atoms with E-state index in [1.807, 2.05) is 0 Å². The van der Waals surface area contributed by atoms with Crippen molar-refractivity contribution in [3.8, 4) is 11.5 Å². The van der Waals surface area contributed by atoms with Crippen LogP contribution in [0.5, 0.6) is 11.5 Å². The van der Waals surface area contributed by atoms with Gasteiger partial charge in [0, 0.05) is 23.9 Å². The molecule has 0 saturated heterocycles. The fourth-order valence-electron chi connectivity index (χ4n) is 8.10. The molecule has 4 unspecified atom stereocenters. The van der Waals surface area contributed by atoms with Crippen LogP contribution in [0, 0.1) is 0 Å². The molecule has 1 fully saturated rings. The summed E-state index contributed by atoms with van der Waals surface area (Å²) in [4.78, 5) is 4.79. The van der Waals surface area contributed by atoms with Gasteiger partial charge in [-0.1, -0.05) is 126 Å². The maximum absolute atomic E-state index is 6.17. The molecule has 0 aliphatic heterocycles. The molecule has 4 aromatic carbocycles. The van der Waals surface area contributed by atoms with Crippen molar-refractivity contribution >= 4 is 0 Å². The molecule has 4 heteroatoms. The molecule has 250 valence electrons. The molecular weight excluding hydrogens is 576 g/mol. The Labute approximate surface area is 284 Å². The fraction of sp³-hybridized carbons (Fsp3) is 0.442. The van der Waals surface area contributed by atoms with Crippen LogP contribution in [-0.4, -0.2) is 62.3 Å². The Morgan fingerprint density at radius 1 is 0.511 bits per heavy atom. The molecule has 0 amide bonds. The minimum atomic E-state index is -0.0703. The zero-order valence-corrected chi connectivity index (χ0v) is 29.6. The lowest BCUT2D eigenvalue weighted by molar-refractivity contribution is 0.222. The van der Waals surface area contributed by atoms with Gasteiger partial charge in [-0.05, 0) is 91.0 Å². The third-order valence-electron chi connectivity index (χ3n) is 11.2. The van der Waals surface area contributed by atoms with E-state index in [0.717, 1.165) is 57.2 Å². The Bertz CT molecular complexity index is 1370. The van der Waals surface area contributed by atoms with Crippen LogP contribution in [0.25, 0.3) is 0 Å². The number of likely N-dealkylation sites (N-methyl/N-ethyl adjacent to an activating group) is 2. The largest absolute Gasteiger partial charge is 0.492 e. The van der Waals surface area contributed by atoms with E-state index in [-0.39, 0.29) is 10.8 Å². The first-order valence-electron chi connectivity index (χ1n) is 17.9. The summed E-state index contributed by atoms with van der Waals surface area (Å²) in [6.45, 7) is 21.2. The predicted octanol–water partition coefficient (Wildman–Crippen LogP) is 9.31. The highest BCUT2D eigenvalue weighted by Gasteiger charge is 2.72. The van der Waals surface area contributed by atoms with E-state index in [2.05, 4.69) is 161 Å². The van der Waals surface area contributed by atoms with Gasteiger partial charge in [0.25, 0.3) is 0 Å². The summed E-state index contributed by atoms with van der Waals surface area (Å²) in [5.74, 6) is 2.47. The van der Waals surface area contributed by atoms with Crippen molar-refractivity contribution in [1.82, 2.24) is 9.80 Å². The lowest BCUT2D eigenvalue weighted by Crippen LogP contribution is -2.32. The van der Waals surface area contributed by atoms with Crippen LogP contribution < -0.4 is 9.47 Å². The van der Waals surface area contributed by atoms with Crippen LogP contribution in [0.15, 0.2) is 109 Å². The first-order chi connectivity index (χ1) is 22.9. The fourth-order valence-corrected chi connectivity index (χ4v) is 8.10. The van der Waals surface area contributed by atoms with Gasteiger partial charge < -0.3 is 19.3 Å². The smallest absolute Gasteiger partial charge is 0.119 e. The monoisotopic (exact) mass is 632 g/mol. The third-order valence-corrected chi connectivity index (χ3v) is 11.2. The van der Waals surface area contributed by atoms with Crippen LogP contribution >= 0.6 is 0 Å². The molecule has 4 atom stereocenters. The third kappa shape index (κ3) is 7.29. The second kappa shape index (κ2) is 16.0. The van der Waals surface area contributed by atoms with Crippen molar-refractivity contribution in [2.75, 3.05) is 52.5 Å². The Kier molecular flexibility index (Phi) is 11.8. The lowest BCUT2D eigenvalue weighted by atomic mass is 9.66. The summed E-state index contributed by atoms with van der Waals surface area (Å²) in [7, 11) is 0. The molecule has 0 aromatic heterocycles. The van der Waals surface area contributed by atoms with Crippen LogP contribution in [0.1, 0.15) is 82.1 Å². The quantitative estimate of drug-likeness (QED) is 0.109. The van der Waals surface area contributed by atoms with Gasteiger partial charge in [-0.25, -0.2) is 0 Å². The molecule has 0 spiro atoms. The molecule has 0 N–H and O–H groups in total. The SMILES string of the molecule is CCN(CC)CCOc1ccc(C(C)C2(c3ccccc3)CC2(c2ccccc2)C(C)c2ccc(OCCN(CC)CC)cc2)cc1. The van der Waals surface area contributed by atoms with Crippen molar-refractivity contribution in [1.29, 1.82) is 0 Å². The van der Waals surface area contributed by atoms with Gasteiger partial charge in [-0.3, -0.25) is 0 Å². The Morgan fingerprint density at radius 3 is 1.17 bits per heavy atom. The molecule has 1 aliphatic rings. The zero-order chi connectivity index (χ0) is 33.3. The minimum absolute atomic E-state index is 0.0703. The van der Waals surface area contributed by atoms with E-state index in [1.54, 1.807) is 0 Å². The summed E-state index contributed by atoms with van der Waals surface area (Å²) in [5.41, 5.74) is 5.40. The average Bonchev–Trinajstić information content (AvgIpc) is 3.85. The van der Waals surface area contributed by atoms with Crippen LogP contribution in [0.4, 0.5) is 0 Å². The maximum atomic E-state index is 6.17. The van der Waals surface area contributed by atoms with Gasteiger partial charge in [-0.15, -0.1) is 0 Å². The summed E-state index contributed by atoms with van der Waals surface area (Å²) >= 11 is 0.